The number of phosphoric acid groups is 2. The summed E-state index contributed by atoms with van der Waals surface area (Å²) in [6, 6.07) is 22.4. The van der Waals surface area contributed by atoms with E-state index in [9.17, 15) is 18.7 Å². The lowest BCUT2D eigenvalue weighted by Gasteiger charge is -2.41. The fraction of sp³-hybridized carbons (Fsp3) is 0.469. The van der Waals surface area contributed by atoms with Crippen LogP contribution in [0.2, 0.25) is 0 Å². The van der Waals surface area contributed by atoms with E-state index in [2.05, 4.69) is 83.1 Å². The first-order valence-corrected chi connectivity index (χ1v) is 24.3. The van der Waals surface area contributed by atoms with E-state index < -0.39 is 44.8 Å². The number of ether oxygens (including phenoxy) is 2. The topological polar surface area (TPSA) is 142 Å². The van der Waals surface area contributed by atoms with Crippen LogP contribution in [0.4, 0.5) is 0 Å². The molecule has 4 aromatic carbocycles. The Labute approximate surface area is 370 Å². The van der Waals surface area contributed by atoms with Gasteiger partial charge >= 0.3 is 27.6 Å². The second-order valence-corrected chi connectivity index (χ2v) is 24.6. The molecule has 2 fully saturated rings. The number of carbonyl (C=O) groups excluding carboxylic acids is 2. The summed E-state index contributed by atoms with van der Waals surface area (Å²) in [5, 5.41) is 0. The fourth-order valence-corrected chi connectivity index (χ4v) is 10.9. The van der Waals surface area contributed by atoms with Crippen molar-refractivity contribution in [2.24, 2.45) is 5.41 Å². The van der Waals surface area contributed by atoms with Gasteiger partial charge in [0.15, 0.2) is 0 Å². The molecule has 0 aromatic heterocycles. The van der Waals surface area contributed by atoms with Crippen LogP contribution in [-0.2, 0) is 58.5 Å². The van der Waals surface area contributed by atoms with E-state index in [-0.39, 0.29) is 59.6 Å². The van der Waals surface area contributed by atoms with Gasteiger partial charge in [-0.3, -0.25) is 27.7 Å². The Morgan fingerprint density at radius 1 is 0.460 bits per heavy atom. The van der Waals surface area contributed by atoms with E-state index >= 15 is 0 Å². The van der Waals surface area contributed by atoms with Gasteiger partial charge < -0.3 is 18.5 Å². The van der Waals surface area contributed by atoms with E-state index in [1.54, 1.807) is 12.1 Å². The smallest absolute Gasteiger partial charge is 0.425 e. The summed E-state index contributed by atoms with van der Waals surface area (Å²) in [6.07, 6.45) is 0. The highest BCUT2D eigenvalue weighted by Crippen LogP contribution is 2.61. The van der Waals surface area contributed by atoms with Gasteiger partial charge in [0.2, 0.25) is 0 Å². The normalized spacial score (nSPS) is 26.2. The summed E-state index contributed by atoms with van der Waals surface area (Å²) in [5.41, 5.74) is 4.29. The molecule has 4 aromatic rings. The first-order chi connectivity index (χ1) is 29.2. The molecule has 0 amide bonds. The number of esters is 2. The molecule has 0 bridgehead atoms. The van der Waals surface area contributed by atoms with Gasteiger partial charge in [0, 0.05) is 22.3 Å². The minimum atomic E-state index is -4.27. The van der Waals surface area contributed by atoms with Gasteiger partial charge in [0.1, 0.15) is 34.8 Å². The van der Waals surface area contributed by atoms with Gasteiger partial charge in [-0.15, -0.1) is 0 Å². The maximum atomic E-state index is 14.2. The predicted molar refractivity (Wildman–Crippen MR) is 238 cm³/mol. The maximum absolute atomic E-state index is 14.2. The van der Waals surface area contributed by atoms with Gasteiger partial charge in [0.05, 0.1) is 31.8 Å². The van der Waals surface area contributed by atoms with Gasteiger partial charge in [-0.25, -0.2) is 9.13 Å². The van der Waals surface area contributed by atoms with Gasteiger partial charge in [-0.05, 0) is 68.2 Å². The molecule has 2 atom stereocenters. The Morgan fingerprint density at radius 2 is 0.746 bits per heavy atom. The average molecular weight is 901 g/mol. The second kappa shape index (κ2) is 15.4. The molecular weight excluding hydrogens is 842 g/mol. The number of carbonyl (C=O) groups is 2. The Balaban J connectivity index is 1.01. The number of rotatable bonds is 6. The van der Waals surface area contributed by atoms with Crippen molar-refractivity contribution in [1.29, 1.82) is 0 Å². The van der Waals surface area contributed by atoms with Crippen molar-refractivity contribution in [2.45, 2.75) is 117 Å². The van der Waals surface area contributed by atoms with Crippen molar-refractivity contribution >= 4 is 27.6 Å². The van der Waals surface area contributed by atoms with Crippen molar-refractivity contribution in [3.63, 3.8) is 0 Å². The van der Waals surface area contributed by atoms with E-state index in [0.29, 0.717) is 33.8 Å². The van der Waals surface area contributed by atoms with Crippen LogP contribution in [0.1, 0.15) is 139 Å². The first-order valence-electron chi connectivity index (χ1n) is 21.3. The highest BCUT2D eigenvalue weighted by atomic mass is 31.2. The van der Waals surface area contributed by atoms with Crippen LogP contribution in [0.25, 0.3) is 0 Å². The van der Waals surface area contributed by atoms with Crippen molar-refractivity contribution in [1.82, 2.24) is 0 Å². The lowest BCUT2D eigenvalue weighted by atomic mass is 9.81. The number of fused-ring (bicyclic) bond motifs is 2. The van der Waals surface area contributed by atoms with Crippen LogP contribution in [-0.4, -0.2) is 38.4 Å². The molecule has 14 heteroatoms. The van der Waals surface area contributed by atoms with E-state index in [1.807, 2.05) is 60.7 Å². The minimum Gasteiger partial charge on any atom is -0.425 e. The molecule has 336 valence electrons. The van der Waals surface area contributed by atoms with Crippen molar-refractivity contribution in [3.8, 4) is 23.0 Å². The zero-order chi connectivity index (χ0) is 45.7. The summed E-state index contributed by atoms with van der Waals surface area (Å²) in [5.74, 6) is -1.42. The van der Waals surface area contributed by atoms with Gasteiger partial charge in [-0.1, -0.05) is 132 Å². The minimum absolute atomic E-state index is 0.156. The first kappa shape index (κ1) is 45.3. The second-order valence-electron chi connectivity index (χ2n) is 21.4. The zero-order valence-electron chi connectivity index (χ0n) is 38.2. The zero-order valence-corrected chi connectivity index (χ0v) is 40.0. The van der Waals surface area contributed by atoms with Crippen LogP contribution in [0, 0.1) is 5.41 Å². The lowest BCUT2D eigenvalue weighted by Crippen LogP contribution is -2.46. The Bertz CT molecular complexity index is 2400. The molecule has 4 aliphatic heterocycles. The van der Waals surface area contributed by atoms with Crippen LogP contribution in [0.15, 0.2) is 72.8 Å². The summed E-state index contributed by atoms with van der Waals surface area (Å²) < 4.78 is 75.8. The third-order valence-electron chi connectivity index (χ3n) is 12.2. The summed E-state index contributed by atoms with van der Waals surface area (Å²) in [7, 11) is -8.54. The SMILES string of the molecule is CC(C)(C)c1ccc2c(c1)C(c1cc(C(C)(C)C)ccc1OP1(=O)OCC3(CO1)COP(=O)(Oc1ccc(C(C)(C)C)cc1C1C(=O)Oc4ccc(C(C)(C)C)cc41)OC3)C(=O)O2. The van der Waals surface area contributed by atoms with Crippen LogP contribution in [0.5, 0.6) is 23.0 Å². The number of hydrogen-bond acceptors (Lipinski definition) is 12. The Kier molecular flexibility index (Phi) is 11.1. The van der Waals surface area contributed by atoms with Crippen LogP contribution >= 0.6 is 15.6 Å². The Hall–Kier alpha value is -4.28. The molecule has 2 unspecified atom stereocenters. The van der Waals surface area contributed by atoms with Crippen molar-refractivity contribution in [3.05, 3.63) is 117 Å². The summed E-state index contributed by atoms with van der Waals surface area (Å²) in [4.78, 5) is 27.2. The van der Waals surface area contributed by atoms with E-state index in [4.69, 9.17) is 36.6 Å². The molecule has 1 spiro atoms. The van der Waals surface area contributed by atoms with Crippen molar-refractivity contribution < 1.29 is 55.3 Å². The summed E-state index contributed by atoms with van der Waals surface area (Å²) >= 11 is 0. The molecule has 0 radical (unpaired) electrons. The van der Waals surface area contributed by atoms with Gasteiger partial charge in [0.25, 0.3) is 0 Å². The molecule has 63 heavy (non-hydrogen) atoms. The molecule has 0 saturated carbocycles. The van der Waals surface area contributed by atoms with E-state index in [0.717, 1.165) is 22.3 Å². The maximum Gasteiger partial charge on any atom is 0.530 e. The molecule has 2 saturated heterocycles. The number of hydrogen-bond donors (Lipinski definition) is 0. The highest BCUT2D eigenvalue weighted by Gasteiger charge is 2.52. The number of benzene rings is 4. The molecule has 12 nitrogen and oxygen atoms in total. The quantitative estimate of drug-likeness (QED) is 0.103. The number of phosphoric ester groups is 2. The summed E-state index contributed by atoms with van der Waals surface area (Å²) in [6.45, 7) is 24.2. The van der Waals surface area contributed by atoms with Crippen LogP contribution in [0.3, 0.4) is 0 Å². The van der Waals surface area contributed by atoms with E-state index in [1.165, 1.54) is 0 Å². The average Bonchev–Trinajstić information content (AvgIpc) is 3.70. The van der Waals surface area contributed by atoms with Gasteiger partial charge in [-0.2, -0.15) is 0 Å². The fourth-order valence-electron chi connectivity index (χ4n) is 8.03. The third kappa shape index (κ3) is 8.92. The standard InChI is InChI=1S/C49H58O12P2/c1-45(2,3)29-13-17-37-33(21-29)41(43(50)58-37)35-23-31(47(7,8)9)15-19-39(35)60-62(52)54-25-49(26-55-62)27-56-63(53,57-28-49)61-40-20-16-32(48(10,11)12)24-36(40)42-34-22-30(46(4,5)6)14-18-38(34)59-44(42)51/h13-24,41-42H,25-28H2,1-12H3. The monoisotopic (exact) mass is 900 g/mol. The molecule has 4 heterocycles. The highest BCUT2D eigenvalue weighted by molar-refractivity contribution is 7.49. The lowest BCUT2D eigenvalue weighted by molar-refractivity contribution is -0.134. The molecule has 8 rings (SSSR count). The molecule has 0 aliphatic carbocycles. The third-order valence-corrected chi connectivity index (χ3v) is 14.8. The van der Waals surface area contributed by atoms with Crippen molar-refractivity contribution in [2.75, 3.05) is 26.4 Å². The van der Waals surface area contributed by atoms with Crippen LogP contribution < -0.4 is 18.5 Å². The molecular formula is C49H58O12P2. The largest absolute Gasteiger partial charge is 0.530 e. The Morgan fingerprint density at radius 3 is 1.05 bits per heavy atom. The predicted octanol–water partition coefficient (Wildman–Crippen LogP) is 11.7. The molecule has 4 aliphatic rings. The molecule has 0 N–H and O–H groups in total.